The largest absolute Gasteiger partial charge is 0.465 e. The highest BCUT2D eigenvalue weighted by atomic mass is 16.6. The maximum atomic E-state index is 11.7. The van der Waals surface area contributed by atoms with E-state index in [1.807, 2.05) is 6.92 Å². The molecule has 3 rings (SSSR count). The van der Waals surface area contributed by atoms with Gasteiger partial charge in [0.25, 0.3) is 0 Å². The van der Waals surface area contributed by atoms with Crippen LogP contribution in [0.1, 0.15) is 13.8 Å². The molecule has 13 heavy (non-hydrogen) atoms. The van der Waals surface area contributed by atoms with Crippen LogP contribution in [0.3, 0.4) is 0 Å². The van der Waals surface area contributed by atoms with E-state index >= 15 is 0 Å². The maximum absolute atomic E-state index is 11.7. The van der Waals surface area contributed by atoms with E-state index in [1.54, 1.807) is 6.92 Å². The number of hydrogen-bond donors (Lipinski definition) is 0. The van der Waals surface area contributed by atoms with E-state index in [2.05, 4.69) is 0 Å². The molecule has 0 bridgehead atoms. The van der Waals surface area contributed by atoms with Gasteiger partial charge in [-0.05, 0) is 13.8 Å². The molecule has 0 aromatic heterocycles. The van der Waals surface area contributed by atoms with Crippen molar-refractivity contribution in [2.24, 2.45) is 11.8 Å². The predicted molar refractivity (Wildman–Crippen MR) is 40.8 cm³/mol. The Labute approximate surface area is 75.2 Å². The summed E-state index contributed by atoms with van der Waals surface area (Å²) >= 11 is 0. The lowest BCUT2D eigenvalue weighted by atomic mass is 9.90. The van der Waals surface area contributed by atoms with Gasteiger partial charge in [-0.2, -0.15) is 0 Å². The number of carbonyl (C=O) groups excluding carboxylic acids is 2. The molecule has 0 radical (unpaired) electrons. The van der Waals surface area contributed by atoms with Gasteiger partial charge in [-0.25, -0.2) is 0 Å². The van der Waals surface area contributed by atoms with Crippen molar-refractivity contribution in [3.63, 3.8) is 0 Å². The van der Waals surface area contributed by atoms with Crippen LogP contribution >= 0.6 is 0 Å². The van der Waals surface area contributed by atoms with E-state index in [-0.39, 0.29) is 30.2 Å². The van der Waals surface area contributed by atoms with Gasteiger partial charge in [0.15, 0.2) is 11.4 Å². The summed E-state index contributed by atoms with van der Waals surface area (Å²) in [5.41, 5.74) is -1.29. The highest BCUT2D eigenvalue weighted by Crippen LogP contribution is 2.63. The Balaban J connectivity index is 2.11. The molecule has 4 heteroatoms. The summed E-state index contributed by atoms with van der Waals surface area (Å²) in [6, 6.07) is 0. The molecule has 2 saturated heterocycles. The summed E-state index contributed by atoms with van der Waals surface area (Å²) in [6.45, 7) is 3.83. The zero-order chi connectivity index (χ0) is 9.43. The summed E-state index contributed by atoms with van der Waals surface area (Å²) in [7, 11) is 0. The molecule has 4 atom stereocenters. The van der Waals surface area contributed by atoms with E-state index in [1.165, 1.54) is 0 Å². The molecular formula is C9H10O4. The summed E-state index contributed by atoms with van der Waals surface area (Å²) in [4.78, 5) is 23.1. The van der Waals surface area contributed by atoms with Gasteiger partial charge >= 0.3 is 5.97 Å². The van der Waals surface area contributed by atoms with Gasteiger partial charge in [0.2, 0.25) is 0 Å². The minimum atomic E-state index is -0.707. The van der Waals surface area contributed by atoms with Crippen LogP contribution in [-0.4, -0.2) is 29.6 Å². The minimum Gasteiger partial charge on any atom is -0.465 e. The van der Waals surface area contributed by atoms with Crippen molar-refractivity contribution in [1.82, 2.24) is 0 Å². The van der Waals surface area contributed by atoms with E-state index in [9.17, 15) is 9.59 Å². The molecule has 1 aliphatic carbocycles. The molecule has 0 amide bonds. The van der Waals surface area contributed by atoms with E-state index in [0.717, 1.165) is 0 Å². The monoisotopic (exact) mass is 182 g/mol. The van der Waals surface area contributed by atoms with E-state index < -0.39 is 11.2 Å². The Morgan fingerprint density at radius 1 is 1.38 bits per heavy atom. The summed E-state index contributed by atoms with van der Waals surface area (Å²) < 4.78 is 10.2. The second-order valence-corrected chi connectivity index (χ2v) is 4.32. The van der Waals surface area contributed by atoms with Gasteiger partial charge in [0.1, 0.15) is 18.1 Å². The number of cyclic esters (lactones) is 1. The number of rotatable bonds is 0. The average Bonchev–Trinajstić information content (AvgIpc) is 2.40. The Bertz CT molecular complexity index is 337. The fourth-order valence-corrected chi connectivity index (χ4v) is 2.77. The molecule has 0 aromatic rings. The molecule has 3 aliphatic rings. The van der Waals surface area contributed by atoms with Crippen molar-refractivity contribution in [3.8, 4) is 0 Å². The molecule has 0 aromatic carbocycles. The van der Waals surface area contributed by atoms with Crippen LogP contribution in [0.4, 0.5) is 0 Å². The number of epoxide rings is 1. The third-order valence-electron chi connectivity index (χ3n) is 3.78. The molecule has 0 spiro atoms. The molecule has 0 unspecified atom stereocenters. The van der Waals surface area contributed by atoms with Crippen molar-refractivity contribution in [1.29, 1.82) is 0 Å². The lowest BCUT2D eigenvalue weighted by Crippen LogP contribution is -2.27. The second-order valence-electron chi connectivity index (χ2n) is 4.32. The first kappa shape index (κ1) is 7.50. The van der Waals surface area contributed by atoms with Gasteiger partial charge in [0.05, 0.1) is 5.92 Å². The highest BCUT2D eigenvalue weighted by molar-refractivity contribution is 6.03. The first-order valence-corrected chi connectivity index (χ1v) is 4.42. The van der Waals surface area contributed by atoms with Gasteiger partial charge < -0.3 is 9.47 Å². The molecule has 3 fully saturated rings. The number of ether oxygens (including phenoxy) is 2. The van der Waals surface area contributed by atoms with Gasteiger partial charge in [-0.1, -0.05) is 0 Å². The fraction of sp³-hybridized carbons (Fsp3) is 0.778. The average molecular weight is 182 g/mol. The summed E-state index contributed by atoms with van der Waals surface area (Å²) in [5.74, 6) is -0.853. The lowest BCUT2D eigenvalue weighted by molar-refractivity contribution is -0.143. The van der Waals surface area contributed by atoms with E-state index in [4.69, 9.17) is 9.47 Å². The first-order chi connectivity index (χ1) is 6.01. The third-order valence-corrected chi connectivity index (χ3v) is 3.78. The van der Waals surface area contributed by atoms with E-state index in [0.29, 0.717) is 0 Å². The Morgan fingerprint density at radius 3 is 2.69 bits per heavy atom. The van der Waals surface area contributed by atoms with Crippen molar-refractivity contribution >= 4 is 11.8 Å². The second kappa shape index (κ2) is 1.66. The normalized spacial score (nSPS) is 57.4. The number of carbonyl (C=O) groups is 2. The molecular weight excluding hydrogens is 172 g/mol. The van der Waals surface area contributed by atoms with Crippen LogP contribution in [0.5, 0.6) is 0 Å². The lowest BCUT2D eigenvalue weighted by Gasteiger charge is -2.09. The molecule has 4 nitrogen and oxygen atoms in total. The molecule has 1 saturated carbocycles. The predicted octanol–water partition coefficient (Wildman–Crippen LogP) is -0.0941. The van der Waals surface area contributed by atoms with Crippen molar-refractivity contribution < 1.29 is 19.1 Å². The first-order valence-electron chi connectivity index (χ1n) is 4.42. The number of Topliss-reactive ketones (excluding diaryl/α,β-unsaturated/α-hetero) is 1. The quantitative estimate of drug-likeness (QED) is 0.388. The zero-order valence-corrected chi connectivity index (χ0v) is 7.49. The standard InChI is InChI=1S/C9H10O4/c1-8-5-4(3-12-7(5)11)6(10)9(8,2)13-8/h4-5H,3H2,1-2H3/t4-,5-,8+,9+/m1/s1. The van der Waals surface area contributed by atoms with Crippen molar-refractivity contribution in [2.75, 3.05) is 6.61 Å². The van der Waals surface area contributed by atoms with Crippen LogP contribution in [0.15, 0.2) is 0 Å². The van der Waals surface area contributed by atoms with Crippen molar-refractivity contribution in [3.05, 3.63) is 0 Å². The minimum absolute atomic E-state index is 0.0332. The fourth-order valence-electron chi connectivity index (χ4n) is 2.77. The molecule has 0 N–H and O–H groups in total. The SMILES string of the molecule is C[C@@]12O[C@@]1(C)[C@H]1C(=O)OC[C@H]1C2=O. The number of hydrogen-bond acceptors (Lipinski definition) is 4. The Kier molecular flexibility index (Phi) is 0.959. The van der Waals surface area contributed by atoms with Gasteiger partial charge in [0, 0.05) is 0 Å². The Morgan fingerprint density at radius 2 is 2.08 bits per heavy atom. The Hall–Kier alpha value is -0.900. The topological polar surface area (TPSA) is 55.9 Å². The van der Waals surface area contributed by atoms with Gasteiger partial charge in [-0.3, -0.25) is 9.59 Å². The van der Waals surface area contributed by atoms with Crippen molar-refractivity contribution in [2.45, 2.75) is 25.0 Å². The number of fused-ring (bicyclic) bond motifs is 3. The summed E-state index contributed by atoms with van der Waals surface area (Å²) in [6.07, 6.45) is 0. The maximum Gasteiger partial charge on any atom is 0.312 e. The van der Waals surface area contributed by atoms with Crippen LogP contribution in [-0.2, 0) is 19.1 Å². The molecule has 70 valence electrons. The van der Waals surface area contributed by atoms with Crippen LogP contribution in [0, 0.1) is 11.8 Å². The highest BCUT2D eigenvalue weighted by Gasteiger charge is 2.83. The number of ketones is 1. The molecule has 2 heterocycles. The number of esters is 1. The smallest absolute Gasteiger partial charge is 0.312 e. The van der Waals surface area contributed by atoms with Crippen LogP contribution < -0.4 is 0 Å². The summed E-state index contributed by atoms with van der Waals surface area (Å²) in [5, 5.41) is 0. The van der Waals surface area contributed by atoms with Gasteiger partial charge in [-0.15, -0.1) is 0 Å². The molecule has 2 aliphatic heterocycles. The third kappa shape index (κ3) is 0.544. The van der Waals surface area contributed by atoms with Crippen LogP contribution in [0.25, 0.3) is 0 Å². The van der Waals surface area contributed by atoms with Crippen LogP contribution in [0.2, 0.25) is 0 Å². The zero-order valence-electron chi connectivity index (χ0n) is 7.49.